The molecule has 2 heterocycles. The van der Waals surface area contributed by atoms with Crippen molar-refractivity contribution in [2.24, 2.45) is 17.8 Å². The molecule has 1 saturated carbocycles. The third-order valence-corrected chi connectivity index (χ3v) is 7.51. The largest absolute Gasteiger partial charge is 0.497 e. The Kier molecular flexibility index (Phi) is 7.61. The van der Waals surface area contributed by atoms with Crippen LogP contribution in [0.25, 0.3) is 10.9 Å². The summed E-state index contributed by atoms with van der Waals surface area (Å²) in [6, 6.07) is 7.29. The highest BCUT2D eigenvalue weighted by atomic mass is 19.1. The average molecular weight is 443 g/mol. The minimum atomic E-state index is -1.10. The first-order chi connectivity index (χ1) is 15.5. The molecule has 0 unspecified atom stereocenters. The van der Waals surface area contributed by atoms with Crippen LogP contribution in [0, 0.1) is 17.8 Å². The van der Waals surface area contributed by atoms with Crippen LogP contribution in [-0.4, -0.2) is 47.7 Å². The van der Waals surface area contributed by atoms with Crippen molar-refractivity contribution in [3.8, 4) is 5.75 Å². The number of fused-ring (bicyclic) bond motifs is 1. The normalized spacial score (nSPS) is 23.4. The number of carbonyl (C=O) groups is 1. The third-order valence-electron chi connectivity index (χ3n) is 7.51. The molecule has 0 bridgehead atoms. The number of nitrogens with zero attached hydrogens (tertiary/aromatic N) is 2. The summed E-state index contributed by atoms with van der Waals surface area (Å²) in [6.07, 6.45) is 8.07. The summed E-state index contributed by atoms with van der Waals surface area (Å²) in [6.45, 7) is 2.93. The Labute approximate surface area is 190 Å². The lowest BCUT2D eigenvalue weighted by Gasteiger charge is -2.39. The zero-order valence-electron chi connectivity index (χ0n) is 19.0. The summed E-state index contributed by atoms with van der Waals surface area (Å²) < 4.78 is 20.7. The molecule has 32 heavy (non-hydrogen) atoms. The highest BCUT2D eigenvalue weighted by molar-refractivity contribution is 5.83. The van der Waals surface area contributed by atoms with E-state index in [9.17, 15) is 9.90 Å². The summed E-state index contributed by atoms with van der Waals surface area (Å²) in [7, 11) is 1.60. The molecule has 2 aliphatic rings. The van der Waals surface area contributed by atoms with Crippen molar-refractivity contribution in [2.75, 3.05) is 26.7 Å². The molecule has 4 rings (SSSR count). The van der Waals surface area contributed by atoms with Crippen LogP contribution in [0.15, 0.2) is 30.5 Å². The Morgan fingerprint density at radius 3 is 2.81 bits per heavy atom. The maximum atomic E-state index is 15.4. The van der Waals surface area contributed by atoms with E-state index in [4.69, 9.17) is 4.74 Å². The van der Waals surface area contributed by atoms with Gasteiger partial charge in [-0.3, -0.25) is 9.78 Å². The minimum Gasteiger partial charge on any atom is -0.497 e. The Morgan fingerprint density at radius 2 is 2.06 bits per heavy atom. The number of hydrogen-bond acceptors (Lipinski definition) is 4. The molecule has 3 atom stereocenters. The maximum Gasteiger partial charge on any atom is 0.303 e. The molecule has 0 spiro atoms. The van der Waals surface area contributed by atoms with Crippen molar-refractivity contribution in [2.45, 2.75) is 57.5 Å². The zero-order valence-corrected chi connectivity index (χ0v) is 19.0. The molecule has 1 aromatic carbocycles. The predicted octanol–water partition coefficient (Wildman–Crippen LogP) is 5.64. The number of carboxylic acids is 1. The Morgan fingerprint density at radius 1 is 1.25 bits per heavy atom. The van der Waals surface area contributed by atoms with Gasteiger partial charge in [-0.15, -0.1) is 0 Å². The molecular formula is C26H35FN2O3. The number of carboxylic acid groups (broad SMARTS) is 1. The number of aliphatic carboxylic acids is 1. The van der Waals surface area contributed by atoms with E-state index in [0.717, 1.165) is 42.9 Å². The first-order valence-corrected chi connectivity index (χ1v) is 12.0. The van der Waals surface area contributed by atoms with Crippen LogP contribution in [0.1, 0.15) is 63.1 Å². The number of piperidine rings is 1. The van der Waals surface area contributed by atoms with E-state index in [1.165, 1.54) is 25.7 Å². The number of aromatic nitrogens is 1. The van der Waals surface area contributed by atoms with Crippen LogP contribution in [0.2, 0.25) is 0 Å². The van der Waals surface area contributed by atoms with Gasteiger partial charge in [0.2, 0.25) is 0 Å². The predicted molar refractivity (Wildman–Crippen MR) is 124 cm³/mol. The number of methoxy groups -OCH3 is 1. The van der Waals surface area contributed by atoms with Gasteiger partial charge in [-0.05, 0) is 86.2 Å². The molecule has 5 nitrogen and oxygen atoms in total. The van der Waals surface area contributed by atoms with E-state index in [0.29, 0.717) is 24.2 Å². The lowest BCUT2D eigenvalue weighted by atomic mass is 9.79. The Bertz CT molecular complexity index is 915. The molecular weight excluding hydrogens is 407 g/mol. The van der Waals surface area contributed by atoms with Gasteiger partial charge in [0, 0.05) is 31.1 Å². The van der Waals surface area contributed by atoms with Gasteiger partial charge in [0.15, 0.2) is 0 Å². The maximum absolute atomic E-state index is 15.4. The fourth-order valence-electron chi connectivity index (χ4n) is 5.78. The summed E-state index contributed by atoms with van der Waals surface area (Å²) in [5.41, 5.74) is 1.40. The summed E-state index contributed by atoms with van der Waals surface area (Å²) in [4.78, 5) is 18.3. The zero-order chi connectivity index (χ0) is 22.5. The highest BCUT2D eigenvalue weighted by Crippen LogP contribution is 2.37. The SMILES string of the molecule is COc1ccc2nccc([C@@H](F)CC[C@@H]3CCN(CC4CCCC4)C[C@@H]3CC(=O)O)c2c1. The minimum absolute atomic E-state index is 0.101. The van der Waals surface area contributed by atoms with Gasteiger partial charge in [-0.1, -0.05) is 12.8 Å². The van der Waals surface area contributed by atoms with Crippen molar-refractivity contribution in [3.05, 3.63) is 36.0 Å². The number of likely N-dealkylation sites (tertiary alicyclic amines) is 1. The van der Waals surface area contributed by atoms with Gasteiger partial charge in [0.05, 0.1) is 12.6 Å². The van der Waals surface area contributed by atoms with E-state index >= 15 is 4.39 Å². The number of ether oxygens (including phenoxy) is 1. The van der Waals surface area contributed by atoms with Crippen LogP contribution >= 0.6 is 0 Å². The molecule has 1 aliphatic carbocycles. The first kappa shape index (κ1) is 23.0. The molecule has 0 radical (unpaired) electrons. The monoisotopic (exact) mass is 442 g/mol. The second-order valence-corrected chi connectivity index (χ2v) is 9.64. The molecule has 2 fully saturated rings. The summed E-state index contributed by atoms with van der Waals surface area (Å²) >= 11 is 0. The standard InChI is InChI=1S/C26H35FN2O3/c1-32-21-7-9-25-23(15-21)22(10-12-28-25)24(27)8-6-19-11-13-29(16-18-4-2-3-5-18)17-20(19)14-26(30)31/h7,9-10,12,15,18-20,24H,2-6,8,11,13-14,16-17H2,1H3,(H,30,31)/t19-,20+,24+/m1/s1. The van der Waals surface area contributed by atoms with Gasteiger partial charge in [0.25, 0.3) is 0 Å². The van der Waals surface area contributed by atoms with E-state index in [-0.39, 0.29) is 18.3 Å². The van der Waals surface area contributed by atoms with E-state index < -0.39 is 12.1 Å². The van der Waals surface area contributed by atoms with Gasteiger partial charge in [0.1, 0.15) is 11.9 Å². The second-order valence-electron chi connectivity index (χ2n) is 9.64. The molecule has 174 valence electrons. The number of rotatable bonds is 9. The third kappa shape index (κ3) is 5.58. The number of halogens is 1. The molecule has 1 saturated heterocycles. The van der Waals surface area contributed by atoms with E-state index in [1.54, 1.807) is 19.4 Å². The quantitative estimate of drug-likeness (QED) is 0.545. The highest BCUT2D eigenvalue weighted by Gasteiger charge is 2.32. The molecule has 1 aliphatic heterocycles. The molecule has 6 heteroatoms. The van der Waals surface area contributed by atoms with Crippen LogP contribution in [0.5, 0.6) is 5.75 Å². The van der Waals surface area contributed by atoms with Crippen molar-refractivity contribution in [1.29, 1.82) is 0 Å². The van der Waals surface area contributed by atoms with Crippen molar-refractivity contribution in [1.82, 2.24) is 9.88 Å². The lowest BCUT2D eigenvalue weighted by Crippen LogP contribution is -2.43. The van der Waals surface area contributed by atoms with Crippen LogP contribution < -0.4 is 4.74 Å². The number of alkyl halides is 1. The van der Waals surface area contributed by atoms with Crippen molar-refractivity contribution in [3.63, 3.8) is 0 Å². The fourth-order valence-corrected chi connectivity index (χ4v) is 5.78. The van der Waals surface area contributed by atoms with E-state index in [1.807, 2.05) is 18.2 Å². The number of benzene rings is 1. The van der Waals surface area contributed by atoms with E-state index in [2.05, 4.69) is 9.88 Å². The number of pyridine rings is 1. The van der Waals surface area contributed by atoms with Gasteiger partial charge < -0.3 is 14.7 Å². The molecule has 2 aromatic rings. The average Bonchev–Trinajstić information content (AvgIpc) is 3.30. The van der Waals surface area contributed by atoms with Crippen LogP contribution in [-0.2, 0) is 4.79 Å². The van der Waals surface area contributed by atoms with Crippen LogP contribution in [0.4, 0.5) is 4.39 Å². The van der Waals surface area contributed by atoms with Crippen LogP contribution in [0.3, 0.4) is 0 Å². The topological polar surface area (TPSA) is 62.7 Å². The smallest absolute Gasteiger partial charge is 0.303 e. The summed E-state index contributed by atoms with van der Waals surface area (Å²) in [5, 5.41) is 10.3. The Balaban J connectivity index is 1.40. The molecule has 1 aromatic heterocycles. The lowest BCUT2D eigenvalue weighted by molar-refractivity contribution is -0.139. The number of hydrogen-bond donors (Lipinski definition) is 1. The fraction of sp³-hybridized carbons (Fsp3) is 0.615. The van der Waals surface area contributed by atoms with Crippen molar-refractivity contribution >= 4 is 16.9 Å². The molecule has 0 amide bonds. The first-order valence-electron chi connectivity index (χ1n) is 12.0. The van der Waals surface area contributed by atoms with Gasteiger partial charge in [-0.25, -0.2) is 4.39 Å². The second kappa shape index (κ2) is 10.6. The molecule has 1 N–H and O–H groups in total. The van der Waals surface area contributed by atoms with Gasteiger partial charge in [-0.2, -0.15) is 0 Å². The van der Waals surface area contributed by atoms with Crippen molar-refractivity contribution < 1.29 is 19.0 Å². The van der Waals surface area contributed by atoms with Gasteiger partial charge >= 0.3 is 5.97 Å². The Hall–Kier alpha value is -2.21. The summed E-state index contributed by atoms with van der Waals surface area (Å²) in [5.74, 6) is 1.07.